The van der Waals surface area contributed by atoms with Gasteiger partial charge in [-0.3, -0.25) is 4.79 Å². The lowest BCUT2D eigenvalue weighted by molar-refractivity contribution is 0.0752. The summed E-state index contributed by atoms with van der Waals surface area (Å²) in [6.45, 7) is 5.35. The van der Waals surface area contributed by atoms with Crippen LogP contribution in [0.15, 0.2) is 61.2 Å². The molecule has 3 aromatic rings. The van der Waals surface area contributed by atoms with Crippen LogP contribution < -0.4 is 0 Å². The van der Waals surface area contributed by atoms with Gasteiger partial charge in [0.15, 0.2) is 0 Å². The normalized spacial score (nSPS) is 10.6. The van der Waals surface area contributed by atoms with Crippen LogP contribution in [0, 0.1) is 6.92 Å². The smallest absolute Gasteiger partial charge is 0.254 e. The van der Waals surface area contributed by atoms with E-state index in [-0.39, 0.29) is 5.91 Å². The molecule has 0 saturated heterocycles. The third-order valence-corrected chi connectivity index (χ3v) is 4.09. The Hall–Kier alpha value is -2.95. The summed E-state index contributed by atoms with van der Waals surface area (Å²) in [7, 11) is 0. The molecule has 0 aliphatic carbocycles. The zero-order valence-corrected chi connectivity index (χ0v) is 13.9. The molecular formula is C19H20N4O. The number of carbonyl (C=O) groups is 1. The highest BCUT2D eigenvalue weighted by molar-refractivity contribution is 5.94. The zero-order valence-electron chi connectivity index (χ0n) is 13.9. The van der Waals surface area contributed by atoms with Crippen LogP contribution in [0.25, 0.3) is 5.69 Å². The van der Waals surface area contributed by atoms with Gasteiger partial charge < -0.3 is 4.90 Å². The van der Waals surface area contributed by atoms with Gasteiger partial charge in [0.25, 0.3) is 5.91 Å². The maximum Gasteiger partial charge on any atom is 0.254 e. The zero-order chi connectivity index (χ0) is 16.9. The van der Waals surface area contributed by atoms with Crippen molar-refractivity contribution in [2.45, 2.75) is 20.4 Å². The van der Waals surface area contributed by atoms with E-state index < -0.39 is 0 Å². The predicted octanol–water partition coefficient (Wildman–Crippen LogP) is 3.24. The van der Waals surface area contributed by atoms with Crippen LogP contribution in [-0.4, -0.2) is 32.1 Å². The van der Waals surface area contributed by atoms with Crippen LogP contribution in [0.1, 0.15) is 28.4 Å². The Kier molecular flexibility index (Phi) is 4.70. The molecule has 0 bridgehead atoms. The Morgan fingerprint density at radius 3 is 2.50 bits per heavy atom. The molecule has 1 amide bonds. The highest BCUT2D eigenvalue weighted by Gasteiger charge is 2.15. The number of carbonyl (C=O) groups excluding carboxylic acids is 1. The average molecular weight is 320 g/mol. The molecule has 0 saturated carbocycles. The quantitative estimate of drug-likeness (QED) is 0.725. The second kappa shape index (κ2) is 7.08. The van der Waals surface area contributed by atoms with Crippen molar-refractivity contribution in [2.75, 3.05) is 6.54 Å². The summed E-state index contributed by atoms with van der Waals surface area (Å²) in [5.74, 6) is 0.0332. The maximum absolute atomic E-state index is 12.8. The van der Waals surface area contributed by atoms with E-state index in [0.717, 1.165) is 5.69 Å². The van der Waals surface area contributed by atoms with E-state index >= 15 is 0 Å². The van der Waals surface area contributed by atoms with E-state index in [2.05, 4.69) is 29.1 Å². The fourth-order valence-electron chi connectivity index (χ4n) is 2.60. The van der Waals surface area contributed by atoms with E-state index in [1.54, 1.807) is 11.0 Å². The van der Waals surface area contributed by atoms with Crippen LogP contribution in [0.5, 0.6) is 0 Å². The van der Waals surface area contributed by atoms with Gasteiger partial charge in [-0.15, -0.1) is 0 Å². The standard InChI is InChI=1S/C19H20N4O/c1-3-22(12-17-7-5-4-6-15(17)2)19(24)16-8-10-18(11-9-16)23-14-20-13-21-23/h4-11,13-14H,3,12H2,1-2H3. The summed E-state index contributed by atoms with van der Waals surface area (Å²) < 4.78 is 1.67. The number of amides is 1. The second-order valence-electron chi connectivity index (χ2n) is 5.63. The molecule has 0 fully saturated rings. The molecule has 5 nitrogen and oxygen atoms in total. The Labute approximate surface area is 141 Å². The first-order chi connectivity index (χ1) is 11.7. The summed E-state index contributed by atoms with van der Waals surface area (Å²) >= 11 is 0. The van der Waals surface area contributed by atoms with E-state index in [0.29, 0.717) is 18.7 Å². The molecule has 3 rings (SSSR count). The fourth-order valence-corrected chi connectivity index (χ4v) is 2.60. The number of hydrogen-bond donors (Lipinski definition) is 0. The van der Waals surface area contributed by atoms with Crippen LogP contribution in [0.2, 0.25) is 0 Å². The highest BCUT2D eigenvalue weighted by Crippen LogP contribution is 2.15. The summed E-state index contributed by atoms with van der Waals surface area (Å²) in [4.78, 5) is 18.6. The minimum atomic E-state index is 0.0332. The molecule has 5 heteroatoms. The largest absolute Gasteiger partial charge is 0.335 e. The molecule has 1 aromatic heterocycles. The third kappa shape index (κ3) is 3.35. The minimum absolute atomic E-state index is 0.0332. The summed E-state index contributed by atoms with van der Waals surface area (Å²) in [6, 6.07) is 15.6. The van der Waals surface area contributed by atoms with Crippen LogP contribution >= 0.6 is 0 Å². The first-order valence-corrected chi connectivity index (χ1v) is 7.98. The lowest BCUT2D eigenvalue weighted by Gasteiger charge is -2.22. The van der Waals surface area contributed by atoms with Gasteiger partial charge in [-0.25, -0.2) is 9.67 Å². The molecular weight excluding hydrogens is 300 g/mol. The molecule has 0 radical (unpaired) electrons. The summed E-state index contributed by atoms with van der Waals surface area (Å²) in [5, 5.41) is 4.09. The van der Waals surface area contributed by atoms with Gasteiger partial charge in [-0.05, 0) is 49.2 Å². The number of benzene rings is 2. The van der Waals surface area contributed by atoms with Gasteiger partial charge in [0, 0.05) is 18.7 Å². The number of nitrogens with zero attached hydrogens (tertiary/aromatic N) is 4. The molecule has 2 aromatic carbocycles. The molecule has 24 heavy (non-hydrogen) atoms. The Bertz CT molecular complexity index is 810. The Morgan fingerprint density at radius 2 is 1.88 bits per heavy atom. The van der Waals surface area contributed by atoms with Crippen LogP contribution in [-0.2, 0) is 6.54 Å². The van der Waals surface area contributed by atoms with Gasteiger partial charge >= 0.3 is 0 Å². The first kappa shape index (κ1) is 15.9. The first-order valence-electron chi connectivity index (χ1n) is 7.98. The van der Waals surface area contributed by atoms with Crippen molar-refractivity contribution in [3.63, 3.8) is 0 Å². The van der Waals surface area contributed by atoms with E-state index in [9.17, 15) is 4.79 Å². The molecule has 0 unspecified atom stereocenters. The van der Waals surface area contributed by atoms with Gasteiger partial charge in [0.1, 0.15) is 12.7 Å². The molecule has 0 N–H and O–H groups in total. The summed E-state index contributed by atoms with van der Waals surface area (Å²) in [6.07, 6.45) is 3.12. The van der Waals surface area contributed by atoms with Crippen molar-refractivity contribution in [2.24, 2.45) is 0 Å². The van der Waals surface area contributed by atoms with Gasteiger partial charge in [0.2, 0.25) is 0 Å². The Balaban J connectivity index is 1.77. The van der Waals surface area contributed by atoms with Gasteiger partial charge in [-0.2, -0.15) is 5.10 Å². The number of hydrogen-bond acceptors (Lipinski definition) is 3. The highest BCUT2D eigenvalue weighted by atomic mass is 16.2. The van der Waals surface area contributed by atoms with Crippen molar-refractivity contribution in [3.8, 4) is 5.69 Å². The Morgan fingerprint density at radius 1 is 1.12 bits per heavy atom. The van der Waals surface area contributed by atoms with Crippen molar-refractivity contribution >= 4 is 5.91 Å². The number of rotatable bonds is 5. The maximum atomic E-state index is 12.8. The van der Waals surface area contributed by atoms with Crippen LogP contribution in [0.3, 0.4) is 0 Å². The lowest BCUT2D eigenvalue weighted by atomic mass is 10.1. The van der Waals surface area contributed by atoms with Crippen LogP contribution in [0.4, 0.5) is 0 Å². The monoisotopic (exact) mass is 320 g/mol. The molecule has 0 aliphatic heterocycles. The third-order valence-electron chi connectivity index (χ3n) is 4.09. The predicted molar refractivity (Wildman–Crippen MR) is 93.0 cm³/mol. The SMILES string of the molecule is CCN(Cc1ccccc1C)C(=O)c1ccc(-n2cncn2)cc1. The van der Waals surface area contributed by atoms with E-state index in [1.807, 2.05) is 48.2 Å². The fraction of sp³-hybridized carbons (Fsp3) is 0.211. The number of aromatic nitrogens is 3. The molecule has 122 valence electrons. The topological polar surface area (TPSA) is 51.0 Å². The van der Waals surface area contributed by atoms with Crippen molar-refractivity contribution < 1.29 is 4.79 Å². The lowest BCUT2D eigenvalue weighted by Crippen LogP contribution is -2.30. The molecule has 1 heterocycles. The molecule has 0 atom stereocenters. The second-order valence-corrected chi connectivity index (χ2v) is 5.63. The molecule has 0 aliphatic rings. The molecule has 0 spiro atoms. The van der Waals surface area contributed by atoms with Gasteiger partial charge in [-0.1, -0.05) is 24.3 Å². The van der Waals surface area contributed by atoms with Gasteiger partial charge in [0.05, 0.1) is 5.69 Å². The summed E-state index contributed by atoms with van der Waals surface area (Å²) in [5.41, 5.74) is 3.93. The van der Waals surface area contributed by atoms with Crippen molar-refractivity contribution in [1.82, 2.24) is 19.7 Å². The average Bonchev–Trinajstić information content (AvgIpc) is 3.15. The van der Waals surface area contributed by atoms with Crippen molar-refractivity contribution in [3.05, 3.63) is 77.9 Å². The van der Waals surface area contributed by atoms with E-state index in [4.69, 9.17) is 0 Å². The van der Waals surface area contributed by atoms with E-state index in [1.165, 1.54) is 17.5 Å². The minimum Gasteiger partial charge on any atom is -0.335 e. The van der Waals surface area contributed by atoms with Crippen molar-refractivity contribution in [1.29, 1.82) is 0 Å². The number of aryl methyl sites for hydroxylation is 1.